The molecule has 1 saturated heterocycles. The fourth-order valence-corrected chi connectivity index (χ4v) is 3.14. The highest BCUT2D eigenvalue weighted by molar-refractivity contribution is 5.25. The molecule has 1 aliphatic rings. The molecule has 1 fully saturated rings. The van der Waals surface area contributed by atoms with E-state index in [4.69, 9.17) is 4.74 Å². The Bertz CT molecular complexity index is 395. The minimum atomic E-state index is 0.0556. The Morgan fingerprint density at radius 1 is 1.35 bits per heavy atom. The van der Waals surface area contributed by atoms with Crippen molar-refractivity contribution in [2.45, 2.75) is 38.3 Å². The van der Waals surface area contributed by atoms with Gasteiger partial charge in [0.25, 0.3) is 0 Å². The van der Waals surface area contributed by atoms with Gasteiger partial charge in [0.15, 0.2) is 0 Å². The second-order valence-electron chi connectivity index (χ2n) is 5.96. The first kappa shape index (κ1) is 15.5. The summed E-state index contributed by atoms with van der Waals surface area (Å²) in [4.78, 5) is 2.63. The largest absolute Gasteiger partial charge is 0.385 e. The van der Waals surface area contributed by atoms with Crippen LogP contribution in [0.2, 0.25) is 0 Å². The highest BCUT2D eigenvalue weighted by atomic mass is 16.5. The molecular weight excluding hydrogens is 248 g/mol. The first-order chi connectivity index (χ1) is 9.69. The minimum absolute atomic E-state index is 0.0556. The van der Waals surface area contributed by atoms with Crippen LogP contribution in [0.5, 0.6) is 0 Å². The van der Waals surface area contributed by atoms with Gasteiger partial charge in [-0.2, -0.15) is 0 Å². The smallest absolute Gasteiger partial charge is 0.0535 e. The standard InChI is InChI=1S/C17H28N2O/c1-4-16-13-18-17(2,15-9-6-5-7-10-15)14-19(16)11-8-12-20-3/h5-7,9-10,16,18H,4,8,11-14H2,1-3H3. The maximum Gasteiger partial charge on any atom is 0.0535 e. The predicted molar refractivity (Wildman–Crippen MR) is 83.9 cm³/mol. The maximum atomic E-state index is 5.20. The third kappa shape index (κ3) is 3.60. The van der Waals surface area contributed by atoms with Gasteiger partial charge in [-0.15, -0.1) is 0 Å². The highest BCUT2D eigenvalue weighted by Gasteiger charge is 2.35. The lowest BCUT2D eigenvalue weighted by Crippen LogP contribution is -2.61. The van der Waals surface area contributed by atoms with Gasteiger partial charge >= 0.3 is 0 Å². The molecule has 0 aliphatic carbocycles. The molecule has 0 saturated carbocycles. The Morgan fingerprint density at radius 3 is 2.75 bits per heavy atom. The van der Waals surface area contributed by atoms with Crippen LogP contribution < -0.4 is 5.32 Å². The molecule has 0 amide bonds. The number of hydrogen-bond acceptors (Lipinski definition) is 3. The van der Waals surface area contributed by atoms with Crippen LogP contribution in [0.15, 0.2) is 30.3 Å². The summed E-state index contributed by atoms with van der Waals surface area (Å²) < 4.78 is 5.20. The lowest BCUT2D eigenvalue weighted by Gasteiger charge is -2.46. The van der Waals surface area contributed by atoms with E-state index in [1.807, 2.05) is 0 Å². The second kappa shape index (κ2) is 7.21. The van der Waals surface area contributed by atoms with Crippen LogP contribution in [0.3, 0.4) is 0 Å². The molecule has 2 atom stereocenters. The van der Waals surface area contributed by atoms with E-state index in [1.54, 1.807) is 7.11 Å². The molecule has 20 heavy (non-hydrogen) atoms. The molecule has 3 nitrogen and oxygen atoms in total. The Morgan fingerprint density at radius 2 is 2.10 bits per heavy atom. The third-order valence-corrected chi connectivity index (χ3v) is 4.44. The molecule has 112 valence electrons. The molecular formula is C17H28N2O. The number of methoxy groups -OCH3 is 1. The topological polar surface area (TPSA) is 24.5 Å². The molecule has 1 N–H and O–H groups in total. The molecule has 3 heteroatoms. The van der Waals surface area contributed by atoms with Crippen molar-refractivity contribution in [3.8, 4) is 0 Å². The number of hydrogen-bond donors (Lipinski definition) is 1. The van der Waals surface area contributed by atoms with Gasteiger partial charge in [-0.05, 0) is 25.3 Å². The van der Waals surface area contributed by atoms with Gasteiger partial charge in [-0.25, -0.2) is 0 Å². The van der Waals surface area contributed by atoms with Crippen molar-refractivity contribution in [3.05, 3.63) is 35.9 Å². The van der Waals surface area contributed by atoms with Crippen LogP contribution in [0.1, 0.15) is 32.3 Å². The number of benzene rings is 1. The van der Waals surface area contributed by atoms with Crippen molar-refractivity contribution in [2.75, 3.05) is 33.4 Å². The third-order valence-electron chi connectivity index (χ3n) is 4.44. The summed E-state index contributed by atoms with van der Waals surface area (Å²) in [5.74, 6) is 0. The van der Waals surface area contributed by atoms with Crippen LogP contribution in [0.4, 0.5) is 0 Å². The molecule has 2 rings (SSSR count). The van der Waals surface area contributed by atoms with Gasteiger partial charge in [0.2, 0.25) is 0 Å². The molecule has 0 spiro atoms. The predicted octanol–water partition coefficient (Wildman–Crippen LogP) is 2.62. The number of piperazine rings is 1. The quantitative estimate of drug-likeness (QED) is 0.808. The van der Waals surface area contributed by atoms with Crippen LogP contribution in [0, 0.1) is 0 Å². The first-order valence-corrected chi connectivity index (χ1v) is 7.73. The van der Waals surface area contributed by atoms with Crippen LogP contribution in [0.25, 0.3) is 0 Å². The van der Waals surface area contributed by atoms with Crippen molar-refractivity contribution >= 4 is 0 Å². The molecule has 1 aliphatic heterocycles. The van der Waals surface area contributed by atoms with Crippen LogP contribution in [-0.4, -0.2) is 44.3 Å². The Kier molecular flexibility index (Phi) is 5.58. The summed E-state index contributed by atoms with van der Waals surface area (Å²) in [6.45, 7) is 8.70. The number of rotatable bonds is 6. The van der Waals surface area contributed by atoms with Crippen molar-refractivity contribution < 1.29 is 4.74 Å². The van der Waals surface area contributed by atoms with E-state index in [9.17, 15) is 0 Å². The molecule has 0 aromatic heterocycles. The highest BCUT2D eigenvalue weighted by Crippen LogP contribution is 2.27. The van der Waals surface area contributed by atoms with E-state index in [-0.39, 0.29) is 5.54 Å². The molecule has 0 radical (unpaired) electrons. The average molecular weight is 276 g/mol. The van der Waals surface area contributed by atoms with Crippen LogP contribution >= 0.6 is 0 Å². The zero-order valence-corrected chi connectivity index (χ0v) is 13.1. The van der Waals surface area contributed by atoms with E-state index >= 15 is 0 Å². The molecule has 2 unspecified atom stereocenters. The van der Waals surface area contributed by atoms with E-state index < -0.39 is 0 Å². The monoisotopic (exact) mass is 276 g/mol. The fourth-order valence-electron chi connectivity index (χ4n) is 3.14. The fraction of sp³-hybridized carbons (Fsp3) is 0.647. The minimum Gasteiger partial charge on any atom is -0.385 e. The molecule has 1 aromatic rings. The Balaban J connectivity index is 2.06. The molecule has 0 bridgehead atoms. The van der Waals surface area contributed by atoms with E-state index in [0.29, 0.717) is 6.04 Å². The number of nitrogens with zero attached hydrogens (tertiary/aromatic N) is 1. The SMILES string of the molecule is CCC1CNC(C)(c2ccccc2)CN1CCCOC. The van der Waals surface area contributed by atoms with Gasteiger partial charge in [0.1, 0.15) is 0 Å². The maximum absolute atomic E-state index is 5.20. The van der Waals surface area contributed by atoms with Crippen LogP contribution in [-0.2, 0) is 10.3 Å². The van der Waals surface area contributed by atoms with Gasteiger partial charge in [0, 0.05) is 39.4 Å². The summed E-state index contributed by atoms with van der Waals surface area (Å²) in [5.41, 5.74) is 1.44. The lowest BCUT2D eigenvalue weighted by atomic mass is 9.87. The summed E-state index contributed by atoms with van der Waals surface area (Å²) in [6.07, 6.45) is 2.31. The van der Waals surface area contributed by atoms with E-state index in [0.717, 1.165) is 32.7 Å². The summed E-state index contributed by atoms with van der Waals surface area (Å²) >= 11 is 0. The van der Waals surface area contributed by atoms with Gasteiger partial charge in [-0.1, -0.05) is 37.3 Å². The number of nitrogens with one attached hydrogen (secondary N) is 1. The summed E-state index contributed by atoms with van der Waals surface area (Å²) in [6, 6.07) is 11.4. The van der Waals surface area contributed by atoms with Crippen molar-refractivity contribution in [2.24, 2.45) is 0 Å². The van der Waals surface area contributed by atoms with Crippen molar-refractivity contribution in [1.29, 1.82) is 0 Å². The zero-order valence-electron chi connectivity index (χ0n) is 13.1. The average Bonchev–Trinajstić information content (AvgIpc) is 2.49. The first-order valence-electron chi connectivity index (χ1n) is 7.73. The van der Waals surface area contributed by atoms with Gasteiger partial charge in [0.05, 0.1) is 5.54 Å². The zero-order chi connectivity index (χ0) is 14.4. The molecule has 1 heterocycles. The van der Waals surface area contributed by atoms with Crippen molar-refractivity contribution in [3.63, 3.8) is 0 Å². The van der Waals surface area contributed by atoms with Gasteiger partial charge < -0.3 is 10.1 Å². The molecule has 1 aromatic carbocycles. The Labute approximate surface area is 123 Å². The summed E-state index contributed by atoms with van der Waals surface area (Å²) in [5, 5.41) is 3.76. The van der Waals surface area contributed by atoms with E-state index in [1.165, 1.54) is 12.0 Å². The van der Waals surface area contributed by atoms with Gasteiger partial charge in [-0.3, -0.25) is 4.90 Å². The Hall–Kier alpha value is -0.900. The van der Waals surface area contributed by atoms with E-state index in [2.05, 4.69) is 54.4 Å². The van der Waals surface area contributed by atoms with Crippen molar-refractivity contribution in [1.82, 2.24) is 10.2 Å². The summed E-state index contributed by atoms with van der Waals surface area (Å²) in [7, 11) is 1.78. The normalized spacial score (nSPS) is 27.6. The number of ether oxygens (including phenoxy) is 1. The lowest BCUT2D eigenvalue weighted by molar-refractivity contribution is 0.0725. The second-order valence-corrected chi connectivity index (χ2v) is 5.96.